The summed E-state index contributed by atoms with van der Waals surface area (Å²) in [5.74, 6) is -1.23. The van der Waals surface area contributed by atoms with Gasteiger partial charge in [0.1, 0.15) is 5.25 Å². The molecular weight excluding hydrogens is 276 g/mol. The molecule has 0 radical (unpaired) electrons. The van der Waals surface area contributed by atoms with Gasteiger partial charge in [0.2, 0.25) is 0 Å². The zero-order valence-electron chi connectivity index (χ0n) is 9.57. The molecule has 1 N–H and O–H groups in total. The summed E-state index contributed by atoms with van der Waals surface area (Å²) in [6.45, 7) is 0. The van der Waals surface area contributed by atoms with Crippen molar-refractivity contribution in [3.63, 3.8) is 0 Å². The Bertz CT molecular complexity index is 620. The lowest BCUT2D eigenvalue weighted by molar-refractivity contribution is -0.136. The van der Waals surface area contributed by atoms with Gasteiger partial charge >= 0.3 is 5.97 Å². The minimum absolute atomic E-state index is 0.141. The molecule has 18 heavy (non-hydrogen) atoms. The molecule has 0 fully saturated rings. The van der Waals surface area contributed by atoms with Gasteiger partial charge in [-0.1, -0.05) is 18.2 Å². The monoisotopic (exact) mass is 288 g/mol. The molecule has 0 saturated carbocycles. The summed E-state index contributed by atoms with van der Waals surface area (Å²) in [7, 11) is -5.13. The quantitative estimate of drug-likeness (QED) is 0.867. The van der Waals surface area contributed by atoms with Crippen LogP contribution in [0.1, 0.15) is 17.2 Å². The minimum atomic E-state index is -3.43. The van der Waals surface area contributed by atoms with Gasteiger partial charge in [-0.05, 0) is 18.1 Å². The summed E-state index contributed by atoms with van der Waals surface area (Å²) in [4.78, 5) is 11.4. The van der Waals surface area contributed by atoms with Gasteiger partial charge in [-0.25, -0.2) is 8.42 Å². The van der Waals surface area contributed by atoms with Gasteiger partial charge in [0.15, 0.2) is 9.84 Å². The fraction of sp³-hybridized carbons (Fsp3) is 0.364. The number of carboxylic acid groups (broad SMARTS) is 1. The number of carboxylic acids is 1. The van der Waals surface area contributed by atoms with Gasteiger partial charge in [0.25, 0.3) is 0 Å². The number of fused-ring (bicyclic) bond motifs is 1. The average molecular weight is 288 g/mol. The summed E-state index contributed by atoms with van der Waals surface area (Å²) in [6.07, 6.45) is 0.930. The van der Waals surface area contributed by atoms with Crippen molar-refractivity contribution in [1.29, 1.82) is 0 Å². The molecule has 0 bridgehead atoms. The Morgan fingerprint density at radius 1 is 1.39 bits per heavy atom. The first-order chi connectivity index (χ1) is 8.32. The molecule has 0 amide bonds. The van der Waals surface area contributed by atoms with Crippen LogP contribution in [0.15, 0.2) is 29.2 Å². The van der Waals surface area contributed by atoms with Gasteiger partial charge in [-0.15, -0.1) is 0 Å². The molecule has 7 heteroatoms. The molecule has 1 aliphatic rings. The van der Waals surface area contributed by atoms with Crippen molar-refractivity contribution in [3.05, 3.63) is 29.8 Å². The Morgan fingerprint density at radius 3 is 2.56 bits per heavy atom. The molecule has 0 aromatic heterocycles. The summed E-state index contributed by atoms with van der Waals surface area (Å²) in [5.41, 5.74) is 0.454. The van der Waals surface area contributed by atoms with Gasteiger partial charge < -0.3 is 5.11 Å². The normalized spacial score (nSPS) is 27.5. The molecule has 2 unspecified atom stereocenters. The van der Waals surface area contributed by atoms with Gasteiger partial charge in [-0.3, -0.25) is 9.00 Å². The molecule has 1 heterocycles. The first-order valence-corrected chi connectivity index (χ1v) is 8.40. The highest BCUT2D eigenvalue weighted by Crippen LogP contribution is 2.38. The number of hydrogen-bond acceptors (Lipinski definition) is 4. The topological polar surface area (TPSA) is 88.5 Å². The first-order valence-electron chi connectivity index (χ1n) is 5.23. The third-order valence-corrected chi connectivity index (χ3v) is 6.16. The maximum absolute atomic E-state index is 12.1. The molecule has 0 spiro atoms. The molecule has 2 rings (SSSR count). The van der Waals surface area contributed by atoms with Crippen molar-refractivity contribution in [1.82, 2.24) is 0 Å². The highest BCUT2D eigenvalue weighted by atomic mass is 32.2. The Hall–Kier alpha value is -1.21. The van der Waals surface area contributed by atoms with Crippen LogP contribution in [0.3, 0.4) is 0 Å². The zero-order valence-corrected chi connectivity index (χ0v) is 11.2. The fourth-order valence-electron chi connectivity index (χ4n) is 2.09. The predicted octanol–water partition coefficient (Wildman–Crippen LogP) is 0.737. The molecule has 0 saturated heterocycles. The van der Waals surface area contributed by atoms with Crippen LogP contribution in [0.5, 0.6) is 0 Å². The van der Waals surface area contributed by atoms with Gasteiger partial charge in [0.05, 0.1) is 16.0 Å². The molecule has 1 aromatic rings. The second-order valence-corrected chi connectivity index (χ2v) is 8.05. The Morgan fingerprint density at radius 2 is 2.00 bits per heavy atom. The van der Waals surface area contributed by atoms with Crippen LogP contribution >= 0.6 is 0 Å². The number of hydrogen-bond donors (Lipinski definition) is 1. The van der Waals surface area contributed by atoms with Gasteiger partial charge in [0, 0.05) is 11.2 Å². The van der Waals surface area contributed by atoms with E-state index in [1.165, 1.54) is 6.07 Å². The number of carbonyl (C=O) groups is 1. The Kier molecular flexibility index (Phi) is 3.29. The van der Waals surface area contributed by atoms with Crippen molar-refractivity contribution < 1.29 is 22.5 Å². The number of sulfone groups is 1. The molecular formula is C11H12O5S2. The van der Waals surface area contributed by atoms with Crippen LogP contribution in [0.2, 0.25) is 0 Å². The van der Waals surface area contributed by atoms with Crippen molar-refractivity contribution in [2.24, 2.45) is 0 Å². The highest BCUT2D eigenvalue weighted by Gasteiger charge is 2.40. The fourth-order valence-corrected chi connectivity index (χ4v) is 5.01. The molecule has 98 valence electrons. The molecule has 5 nitrogen and oxygen atoms in total. The lowest BCUT2D eigenvalue weighted by Crippen LogP contribution is -2.34. The van der Waals surface area contributed by atoms with Gasteiger partial charge in [-0.2, -0.15) is 0 Å². The second kappa shape index (κ2) is 4.47. The maximum Gasteiger partial charge on any atom is 0.319 e. The smallest absolute Gasteiger partial charge is 0.319 e. The maximum atomic E-state index is 12.1. The van der Waals surface area contributed by atoms with E-state index in [0.717, 1.165) is 6.26 Å². The standard InChI is InChI=1S/C11H12O5S2/c1-18(15,16)10-6-9(11(12)13)17(14)8-5-3-2-4-7(8)10/h2-5,9-10H,6H2,1H3,(H,12,13)/t9-,10?,17?/m1/s1. The van der Waals surface area contributed by atoms with Crippen LogP contribution in [-0.2, 0) is 25.4 Å². The van der Waals surface area contributed by atoms with Crippen molar-refractivity contribution in [2.75, 3.05) is 6.26 Å². The van der Waals surface area contributed by atoms with Crippen LogP contribution in [-0.4, -0.2) is 35.2 Å². The van der Waals surface area contributed by atoms with Crippen molar-refractivity contribution in [3.8, 4) is 0 Å². The van der Waals surface area contributed by atoms with E-state index < -0.39 is 37.1 Å². The predicted molar refractivity (Wildman–Crippen MR) is 66.5 cm³/mol. The third-order valence-electron chi connectivity index (χ3n) is 2.96. The summed E-state index contributed by atoms with van der Waals surface area (Å²) in [5, 5.41) is 6.97. The number of benzene rings is 1. The van der Waals surface area contributed by atoms with E-state index in [2.05, 4.69) is 0 Å². The van der Waals surface area contributed by atoms with Crippen LogP contribution in [0.25, 0.3) is 0 Å². The Balaban J connectivity index is 2.62. The summed E-state index contributed by atoms with van der Waals surface area (Å²) < 4.78 is 35.5. The van der Waals surface area contributed by atoms with E-state index >= 15 is 0 Å². The number of aliphatic carboxylic acids is 1. The van der Waals surface area contributed by atoms with E-state index in [1.54, 1.807) is 18.2 Å². The largest absolute Gasteiger partial charge is 0.480 e. The highest BCUT2D eigenvalue weighted by molar-refractivity contribution is 7.91. The third kappa shape index (κ3) is 2.20. The first kappa shape index (κ1) is 13.2. The lowest BCUT2D eigenvalue weighted by atomic mass is 10.1. The van der Waals surface area contributed by atoms with E-state index in [-0.39, 0.29) is 6.42 Å². The van der Waals surface area contributed by atoms with E-state index in [9.17, 15) is 17.4 Å². The van der Waals surface area contributed by atoms with Crippen LogP contribution in [0, 0.1) is 0 Å². The van der Waals surface area contributed by atoms with Crippen molar-refractivity contribution in [2.45, 2.75) is 21.8 Å². The van der Waals surface area contributed by atoms with Crippen LogP contribution in [0.4, 0.5) is 0 Å². The number of rotatable bonds is 2. The SMILES string of the molecule is CS(=O)(=O)C1C[C@H](C(=O)O)S(=O)c2ccccc21. The second-order valence-electron chi connectivity index (χ2n) is 4.22. The molecule has 1 aromatic carbocycles. The Labute approximate surface area is 107 Å². The molecule has 0 aliphatic carbocycles. The average Bonchev–Trinajstić information content (AvgIpc) is 2.27. The van der Waals surface area contributed by atoms with E-state index in [0.29, 0.717) is 10.5 Å². The minimum Gasteiger partial charge on any atom is -0.480 e. The molecule has 1 aliphatic heterocycles. The zero-order chi connectivity index (χ0) is 13.5. The summed E-state index contributed by atoms with van der Waals surface area (Å²) >= 11 is 0. The molecule has 3 atom stereocenters. The lowest BCUT2D eigenvalue weighted by Gasteiger charge is -2.27. The van der Waals surface area contributed by atoms with Crippen molar-refractivity contribution >= 4 is 26.6 Å². The van der Waals surface area contributed by atoms with E-state index in [1.807, 2.05) is 0 Å². The van der Waals surface area contributed by atoms with Crippen LogP contribution < -0.4 is 0 Å². The van der Waals surface area contributed by atoms with E-state index in [4.69, 9.17) is 5.11 Å². The summed E-state index contributed by atoms with van der Waals surface area (Å²) in [6, 6.07) is 6.41.